The van der Waals surface area contributed by atoms with Gasteiger partial charge in [-0.2, -0.15) is 0 Å². The Morgan fingerprint density at radius 3 is 2.68 bits per heavy atom. The maximum absolute atomic E-state index is 12.0. The minimum Gasteiger partial charge on any atom is -0.478 e. The lowest BCUT2D eigenvalue weighted by Crippen LogP contribution is -2.16. The summed E-state index contributed by atoms with van der Waals surface area (Å²) in [4.78, 5) is 13.2. The van der Waals surface area contributed by atoms with E-state index >= 15 is 0 Å². The van der Waals surface area contributed by atoms with Crippen LogP contribution in [0.4, 0.5) is 13.2 Å². The number of aliphatic carboxylic acids is 1. The van der Waals surface area contributed by atoms with Gasteiger partial charge in [-0.15, -0.1) is 13.2 Å². The molecule has 0 saturated heterocycles. The molecule has 0 amide bonds. The SMILES string of the molecule is O=C(O)C=Cc1cc2cc(OC(F)(F)F)ccc2[nH]1. The molecule has 1 heterocycles. The van der Waals surface area contributed by atoms with Crippen LogP contribution in [0.1, 0.15) is 5.69 Å². The molecule has 1 aromatic carbocycles. The lowest BCUT2D eigenvalue weighted by molar-refractivity contribution is -0.274. The van der Waals surface area contributed by atoms with Crippen molar-refractivity contribution in [3.8, 4) is 5.75 Å². The van der Waals surface area contributed by atoms with E-state index in [2.05, 4.69) is 9.72 Å². The molecular formula is C12H8F3NO3. The lowest BCUT2D eigenvalue weighted by atomic mass is 10.2. The first kappa shape index (κ1) is 13.0. The molecule has 0 aliphatic heterocycles. The van der Waals surface area contributed by atoms with E-state index in [-0.39, 0.29) is 5.75 Å². The number of aromatic nitrogens is 1. The van der Waals surface area contributed by atoms with Crippen LogP contribution in [-0.2, 0) is 4.79 Å². The standard InChI is InChI=1S/C12H8F3NO3/c13-12(14,15)19-9-2-3-10-7(6-9)5-8(16-10)1-4-11(17)18/h1-6,16H,(H,17,18). The Kier molecular flexibility index (Phi) is 3.20. The fourth-order valence-corrected chi connectivity index (χ4v) is 1.58. The van der Waals surface area contributed by atoms with E-state index in [0.717, 1.165) is 6.08 Å². The second-order valence-electron chi connectivity index (χ2n) is 3.69. The first-order valence-electron chi connectivity index (χ1n) is 5.13. The van der Waals surface area contributed by atoms with Crippen molar-refractivity contribution in [2.24, 2.45) is 0 Å². The molecule has 1 aromatic heterocycles. The number of halogens is 3. The van der Waals surface area contributed by atoms with Crippen LogP contribution >= 0.6 is 0 Å². The number of carbonyl (C=O) groups is 1. The summed E-state index contributed by atoms with van der Waals surface area (Å²) in [5.41, 5.74) is 1.06. The largest absolute Gasteiger partial charge is 0.573 e. The molecule has 0 bridgehead atoms. The van der Waals surface area contributed by atoms with Crippen LogP contribution in [0.2, 0.25) is 0 Å². The van der Waals surface area contributed by atoms with Gasteiger partial charge in [-0.3, -0.25) is 0 Å². The van der Waals surface area contributed by atoms with Gasteiger partial charge in [-0.1, -0.05) is 0 Å². The number of H-pyrrole nitrogens is 1. The van der Waals surface area contributed by atoms with Crippen LogP contribution in [0, 0.1) is 0 Å². The highest BCUT2D eigenvalue weighted by molar-refractivity contribution is 5.88. The van der Waals surface area contributed by atoms with Crippen LogP contribution < -0.4 is 4.74 Å². The van der Waals surface area contributed by atoms with E-state index in [0.29, 0.717) is 16.6 Å². The molecule has 2 rings (SSSR count). The highest BCUT2D eigenvalue weighted by Gasteiger charge is 2.31. The lowest BCUT2D eigenvalue weighted by Gasteiger charge is -2.08. The second kappa shape index (κ2) is 4.68. The van der Waals surface area contributed by atoms with Gasteiger partial charge in [-0.05, 0) is 30.3 Å². The quantitative estimate of drug-likeness (QED) is 0.843. The van der Waals surface area contributed by atoms with E-state index in [4.69, 9.17) is 5.11 Å². The number of aromatic amines is 1. The maximum Gasteiger partial charge on any atom is 0.573 e. The molecule has 0 saturated carbocycles. The average molecular weight is 271 g/mol. The van der Waals surface area contributed by atoms with Crippen molar-refractivity contribution < 1.29 is 27.8 Å². The van der Waals surface area contributed by atoms with Gasteiger partial charge in [0.05, 0.1) is 0 Å². The van der Waals surface area contributed by atoms with Crippen molar-refractivity contribution in [2.75, 3.05) is 0 Å². The summed E-state index contributed by atoms with van der Waals surface area (Å²) in [7, 11) is 0. The molecule has 100 valence electrons. The third kappa shape index (κ3) is 3.51. The van der Waals surface area contributed by atoms with Gasteiger partial charge in [0.2, 0.25) is 0 Å². The highest BCUT2D eigenvalue weighted by atomic mass is 19.4. The van der Waals surface area contributed by atoms with Crippen molar-refractivity contribution in [2.45, 2.75) is 6.36 Å². The molecule has 7 heteroatoms. The highest BCUT2D eigenvalue weighted by Crippen LogP contribution is 2.27. The van der Waals surface area contributed by atoms with Crippen LogP contribution in [0.3, 0.4) is 0 Å². The summed E-state index contributed by atoms with van der Waals surface area (Å²) in [5.74, 6) is -1.44. The Bertz CT molecular complexity index is 643. The van der Waals surface area contributed by atoms with Crippen molar-refractivity contribution in [1.29, 1.82) is 0 Å². The smallest absolute Gasteiger partial charge is 0.478 e. The predicted molar refractivity (Wildman–Crippen MR) is 61.7 cm³/mol. The first-order valence-corrected chi connectivity index (χ1v) is 5.13. The number of hydrogen-bond acceptors (Lipinski definition) is 2. The third-order valence-electron chi connectivity index (χ3n) is 2.25. The van der Waals surface area contributed by atoms with Crippen LogP contribution in [0.5, 0.6) is 5.75 Å². The van der Waals surface area contributed by atoms with Gasteiger partial charge < -0.3 is 14.8 Å². The zero-order valence-corrected chi connectivity index (χ0v) is 9.36. The van der Waals surface area contributed by atoms with Crippen molar-refractivity contribution in [3.63, 3.8) is 0 Å². The monoisotopic (exact) mass is 271 g/mol. The second-order valence-corrected chi connectivity index (χ2v) is 3.69. The minimum absolute atomic E-state index is 0.326. The molecule has 2 N–H and O–H groups in total. The van der Waals surface area contributed by atoms with Crippen LogP contribution in [0.25, 0.3) is 17.0 Å². The van der Waals surface area contributed by atoms with Gasteiger partial charge in [0, 0.05) is 22.7 Å². The van der Waals surface area contributed by atoms with Crippen molar-refractivity contribution >= 4 is 22.9 Å². The Morgan fingerprint density at radius 2 is 2.05 bits per heavy atom. The van der Waals surface area contributed by atoms with E-state index in [9.17, 15) is 18.0 Å². The number of alkyl halides is 3. The number of ether oxygens (including phenoxy) is 1. The molecule has 0 atom stereocenters. The van der Waals surface area contributed by atoms with Crippen LogP contribution in [0.15, 0.2) is 30.3 Å². The van der Waals surface area contributed by atoms with E-state index in [1.54, 1.807) is 0 Å². The Hall–Kier alpha value is -2.44. The summed E-state index contributed by atoms with van der Waals surface area (Å²) >= 11 is 0. The molecule has 19 heavy (non-hydrogen) atoms. The van der Waals surface area contributed by atoms with E-state index < -0.39 is 12.3 Å². The zero-order chi connectivity index (χ0) is 14.0. The molecule has 2 aromatic rings. The summed E-state index contributed by atoms with van der Waals surface area (Å²) in [5, 5.41) is 8.97. The van der Waals surface area contributed by atoms with Gasteiger partial charge in [0.15, 0.2) is 0 Å². The van der Waals surface area contributed by atoms with Crippen molar-refractivity contribution in [1.82, 2.24) is 4.98 Å². The van der Waals surface area contributed by atoms with E-state index in [1.807, 2.05) is 0 Å². The number of fused-ring (bicyclic) bond motifs is 1. The summed E-state index contributed by atoms with van der Waals surface area (Å²) in [6, 6.07) is 5.35. The number of hydrogen-bond donors (Lipinski definition) is 2. The topological polar surface area (TPSA) is 62.3 Å². The third-order valence-corrected chi connectivity index (χ3v) is 2.25. The van der Waals surface area contributed by atoms with E-state index in [1.165, 1.54) is 30.3 Å². The maximum atomic E-state index is 12.0. The molecule has 0 fully saturated rings. The fraction of sp³-hybridized carbons (Fsp3) is 0.0833. The first-order chi connectivity index (χ1) is 8.83. The Labute approximate surface area is 105 Å². The minimum atomic E-state index is -4.74. The number of nitrogens with one attached hydrogen (secondary N) is 1. The normalized spacial score (nSPS) is 12.2. The van der Waals surface area contributed by atoms with Crippen molar-refractivity contribution in [3.05, 3.63) is 36.0 Å². The summed E-state index contributed by atoms with van der Waals surface area (Å²) in [6.45, 7) is 0. The average Bonchev–Trinajstić information content (AvgIpc) is 2.66. The molecule has 0 unspecified atom stereocenters. The van der Waals surface area contributed by atoms with Gasteiger partial charge >= 0.3 is 12.3 Å². The molecule has 0 radical (unpaired) electrons. The zero-order valence-electron chi connectivity index (χ0n) is 9.36. The summed E-state index contributed by atoms with van der Waals surface area (Å²) in [6.07, 6.45) is -2.50. The number of carboxylic acids is 1. The molecular weight excluding hydrogens is 263 g/mol. The van der Waals surface area contributed by atoms with Gasteiger partial charge in [-0.25, -0.2) is 4.79 Å². The summed E-state index contributed by atoms with van der Waals surface area (Å²) < 4.78 is 39.9. The number of benzene rings is 1. The Morgan fingerprint density at radius 1 is 1.32 bits per heavy atom. The molecule has 4 nitrogen and oxygen atoms in total. The Balaban J connectivity index is 2.31. The predicted octanol–water partition coefficient (Wildman–Crippen LogP) is 3.16. The van der Waals surface area contributed by atoms with Gasteiger partial charge in [0.25, 0.3) is 0 Å². The van der Waals surface area contributed by atoms with Gasteiger partial charge in [0.1, 0.15) is 5.75 Å². The number of rotatable bonds is 3. The number of carboxylic acid groups (broad SMARTS) is 1. The molecule has 0 aliphatic carbocycles. The fourth-order valence-electron chi connectivity index (χ4n) is 1.58. The van der Waals surface area contributed by atoms with Crippen LogP contribution in [-0.4, -0.2) is 22.4 Å². The molecule has 0 spiro atoms. The molecule has 0 aliphatic rings.